The molecule has 0 aliphatic rings. The van der Waals surface area contributed by atoms with Gasteiger partial charge in [0.2, 0.25) is 5.13 Å². The van der Waals surface area contributed by atoms with Crippen molar-refractivity contribution in [1.82, 2.24) is 14.8 Å². The summed E-state index contributed by atoms with van der Waals surface area (Å²) in [5, 5.41) is 10.3. The second kappa shape index (κ2) is 7.53. The van der Waals surface area contributed by atoms with Gasteiger partial charge in [-0.2, -0.15) is 9.78 Å². The number of hydrogen-bond acceptors (Lipinski definition) is 4. The first-order chi connectivity index (χ1) is 13.5. The van der Waals surface area contributed by atoms with Crippen molar-refractivity contribution in [2.45, 2.75) is 6.92 Å². The number of benzene rings is 2. The molecule has 4 rings (SSSR count). The second-order valence-electron chi connectivity index (χ2n) is 6.07. The summed E-state index contributed by atoms with van der Waals surface area (Å²) in [5.41, 5.74) is 2.74. The fraction of sp³-hybridized carbons (Fsp3) is 0.0500. The fourth-order valence-corrected chi connectivity index (χ4v) is 3.56. The van der Waals surface area contributed by atoms with E-state index in [0.29, 0.717) is 27.2 Å². The van der Waals surface area contributed by atoms with Gasteiger partial charge in [0.15, 0.2) is 0 Å². The normalized spacial score (nSPS) is 10.8. The van der Waals surface area contributed by atoms with Crippen LogP contribution in [0.3, 0.4) is 0 Å². The molecule has 0 unspecified atom stereocenters. The minimum absolute atomic E-state index is 0.270. The SMILES string of the molecule is Cc1cc(NC(=O)c2ccc(Cl)cc2)n(-c2nc(-c3ccc(F)cc3)cs2)n1. The number of carbonyl (C=O) groups excluding carboxylic acids is 1. The van der Waals surface area contributed by atoms with Crippen molar-refractivity contribution in [2.24, 2.45) is 0 Å². The lowest BCUT2D eigenvalue weighted by Gasteiger charge is -2.06. The van der Waals surface area contributed by atoms with Crippen LogP contribution in [-0.4, -0.2) is 20.7 Å². The van der Waals surface area contributed by atoms with Gasteiger partial charge in [-0.25, -0.2) is 9.37 Å². The lowest BCUT2D eigenvalue weighted by molar-refractivity contribution is 0.102. The Balaban J connectivity index is 1.62. The summed E-state index contributed by atoms with van der Waals surface area (Å²) < 4.78 is 14.7. The van der Waals surface area contributed by atoms with Crippen LogP contribution in [0.2, 0.25) is 5.02 Å². The maximum Gasteiger partial charge on any atom is 0.256 e. The first kappa shape index (κ1) is 18.3. The third-order valence-corrected chi connectivity index (χ3v) is 5.06. The monoisotopic (exact) mass is 412 g/mol. The Morgan fingerprint density at radius 2 is 1.86 bits per heavy atom. The first-order valence-corrected chi connectivity index (χ1v) is 9.61. The van der Waals surface area contributed by atoms with E-state index in [1.807, 2.05) is 12.3 Å². The van der Waals surface area contributed by atoms with Crippen LogP contribution < -0.4 is 5.32 Å². The Labute approximate surface area is 169 Å². The molecule has 0 saturated carbocycles. The van der Waals surface area contributed by atoms with Gasteiger partial charge in [0.1, 0.15) is 11.6 Å². The Morgan fingerprint density at radius 1 is 1.14 bits per heavy atom. The quantitative estimate of drug-likeness (QED) is 0.491. The second-order valence-corrected chi connectivity index (χ2v) is 7.34. The predicted molar refractivity (Wildman–Crippen MR) is 109 cm³/mol. The number of hydrogen-bond donors (Lipinski definition) is 1. The van der Waals surface area contributed by atoms with E-state index in [9.17, 15) is 9.18 Å². The van der Waals surface area contributed by atoms with Crippen molar-refractivity contribution in [1.29, 1.82) is 0 Å². The molecule has 2 aromatic carbocycles. The molecule has 0 saturated heterocycles. The number of aromatic nitrogens is 3. The molecule has 0 aliphatic heterocycles. The van der Waals surface area contributed by atoms with Crippen LogP contribution in [0, 0.1) is 12.7 Å². The number of halogens is 2. The Morgan fingerprint density at radius 3 is 2.57 bits per heavy atom. The summed E-state index contributed by atoms with van der Waals surface area (Å²) in [6.45, 7) is 1.84. The first-order valence-electron chi connectivity index (χ1n) is 8.35. The standard InChI is InChI=1S/C20H14ClFN4OS/c1-12-10-18(24-19(27)14-2-6-15(21)7-3-14)26(25-12)20-23-17(11-28-20)13-4-8-16(22)9-5-13/h2-11H,1H3,(H,24,27). The average Bonchev–Trinajstić information content (AvgIpc) is 3.29. The van der Waals surface area contributed by atoms with Crippen molar-refractivity contribution in [2.75, 3.05) is 5.32 Å². The summed E-state index contributed by atoms with van der Waals surface area (Å²) in [6, 6.07) is 14.5. The van der Waals surface area contributed by atoms with Gasteiger partial charge >= 0.3 is 0 Å². The van der Waals surface area contributed by atoms with Gasteiger partial charge < -0.3 is 5.32 Å². The van der Waals surface area contributed by atoms with Crippen molar-refractivity contribution in [3.8, 4) is 16.4 Å². The average molecular weight is 413 g/mol. The molecule has 28 heavy (non-hydrogen) atoms. The van der Waals surface area contributed by atoms with E-state index in [1.165, 1.54) is 23.5 Å². The maximum absolute atomic E-state index is 13.1. The van der Waals surface area contributed by atoms with E-state index in [0.717, 1.165) is 11.3 Å². The summed E-state index contributed by atoms with van der Waals surface area (Å²) in [7, 11) is 0. The smallest absolute Gasteiger partial charge is 0.256 e. The van der Waals surface area contributed by atoms with Crippen LogP contribution in [0.4, 0.5) is 10.2 Å². The number of nitrogens with one attached hydrogen (secondary N) is 1. The highest BCUT2D eigenvalue weighted by Crippen LogP contribution is 2.26. The van der Waals surface area contributed by atoms with Crippen LogP contribution in [-0.2, 0) is 0 Å². The predicted octanol–water partition coefficient (Wildman–Crippen LogP) is 5.35. The van der Waals surface area contributed by atoms with Gasteiger partial charge in [-0.1, -0.05) is 11.6 Å². The minimum Gasteiger partial charge on any atom is -0.306 e. The number of rotatable bonds is 4. The van der Waals surface area contributed by atoms with Gasteiger partial charge in [0.05, 0.1) is 11.4 Å². The number of nitrogens with zero attached hydrogens (tertiary/aromatic N) is 3. The van der Waals surface area contributed by atoms with E-state index in [1.54, 1.807) is 47.1 Å². The molecule has 8 heteroatoms. The van der Waals surface area contributed by atoms with E-state index in [-0.39, 0.29) is 11.7 Å². The molecule has 1 N–H and O–H groups in total. The highest BCUT2D eigenvalue weighted by atomic mass is 35.5. The molecule has 5 nitrogen and oxygen atoms in total. The van der Waals surface area contributed by atoms with E-state index < -0.39 is 0 Å². The summed E-state index contributed by atoms with van der Waals surface area (Å²) >= 11 is 7.25. The molecular weight excluding hydrogens is 399 g/mol. The molecule has 0 fully saturated rings. The Hall–Kier alpha value is -3.03. The number of aryl methyl sites for hydroxylation is 1. The molecule has 1 amide bonds. The van der Waals surface area contributed by atoms with Crippen LogP contribution in [0.15, 0.2) is 60.0 Å². The van der Waals surface area contributed by atoms with Gasteiger partial charge in [-0.15, -0.1) is 11.3 Å². The van der Waals surface area contributed by atoms with Gasteiger partial charge in [-0.3, -0.25) is 4.79 Å². The number of carbonyl (C=O) groups is 1. The van der Waals surface area contributed by atoms with Crippen LogP contribution >= 0.6 is 22.9 Å². The van der Waals surface area contributed by atoms with Crippen LogP contribution in [0.5, 0.6) is 0 Å². The highest BCUT2D eigenvalue weighted by Gasteiger charge is 2.15. The molecule has 140 valence electrons. The largest absolute Gasteiger partial charge is 0.306 e. The van der Waals surface area contributed by atoms with Crippen molar-refractivity contribution < 1.29 is 9.18 Å². The number of amides is 1. The molecule has 0 spiro atoms. The molecule has 2 aromatic heterocycles. The Bertz CT molecular complexity index is 1140. The molecule has 0 atom stereocenters. The van der Waals surface area contributed by atoms with Crippen LogP contribution in [0.25, 0.3) is 16.4 Å². The molecule has 2 heterocycles. The van der Waals surface area contributed by atoms with Crippen molar-refractivity contribution in [3.63, 3.8) is 0 Å². The highest BCUT2D eigenvalue weighted by molar-refractivity contribution is 7.12. The van der Waals surface area contributed by atoms with E-state index in [4.69, 9.17) is 11.6 Å². The third kappa shape index (κ3) is 3.81. The van der Waals surface area contributed by atoms with Gasteiger partial charge in [0.25, 0.3) is 5.91 Å². The molecule has 0 radical (unpaired) electrons. The molecule has 0 aliphatic carbocycles. The summed E-state index contributed by atoms with van der Waals surface area (Å²) in [5.74, 6) is -0.0558. The third-order valence-electron chi connectivity index (χ3n) is 3.99. The Kier molecular flexibility index (Phi) is 4.93. The van der Waals surface area contributed by atoms with Gasteiger partial charge in [-0.05, 0) is 55.5 Å². The minimum atomic E-state index is -0.297. The van der Waals surface area contributed by atoms with Crippen LogP contribution in [0.1, 0.15) is 16.1 Å². The topological polar surface area (TPSA) is 59.8 Å². The number of anilines is 1. The van der Waals surface area contributed by atoms with Crippen molar-refractivity contribution in [3.05, 3.63) is 82.1 Å². The van der Waals surface area contributed by atoms with Crippen molar-refractivity contribution >= 4 is 34.7 Å². The van der Waals surface area contributed by atoms with E-state index >= 15 is 0 Å². The molecule has 4 aromatic rings. The van der Waals surface area contributed by atoms with Gasteiger partial charge in [0, 0.05) is 27.6 Å². The zero-order valence-corrected chi connectivity index (χ0v) is 16.3. The van der Waals surface area contributed by atoms with E-state index in [2.05, 4.69) is 15.4 Å². The number of thiazole rings is 1. The summed E-state index contributed by atoms with van der Waals surface area (Å²) in [6.07, 6.45) is 0. The lowest BCUT2D eigenvalue weighted by Crippen LogP contribution is -2.15. The summed E-state index contributed by atoms with van der Waals surface area (Å²) in [4.78, 5) is 17.1. The zero-order chi connectivity index (χ0) is 19.7. The zero-order valence-electron chi connectivity index (χ0n) is 14.7. The maximum atomic E-state index is 13.1. The fourth-order valence-electron chi connectivity index (χ4n) is 2.64. The molecular formula is C20H14ClFN4OS. The lowest BCUT2D eigenvalue weighted by atomic mass is 10.2. The molecule has 0 bridgehead atoms.